The van der Waals surface area contributed by atoms with Crippen LogP contribution in [0.4, 0.5) is 10.5 Å². The van der Waals surface area contributed by atoms with E-state index in [2.05, 4.69) is 20.7 Å². The second-order valence-corrected chi connectivity index (χ2v) is 9.21. The fourth-order valence-electron chi connectivity index (χ4n) is 3.37. The fourth-order valence-corrected chi connectivity index (χ4v) is 4.92. The molecule has 0 fully saturated rings. The number of hydrogen-bond donors (Lipinski definition) is 2. The van der Waals surface area contributed by atoms with Gasteiger partial charge in [0.25, 0.3) is 0 Å². The minimum atomic E-state index is -3.72. The van der Waals surface area contributed by atoms with E-state index in [1.54, 1.807) is 53.6 Å². The van der Waals surface area contributed by atoms with Crippen molar-refractivity contribution >= 4 is 21.6 Å². The lowest BCUT2D eigenvalue weighted by atomic mass is 10.1. The molecular formula is C24H23N5O3S. The molecule has 2 heterocycles. The van der Waals surface area contributed by atoms with Gasteiger partial charge in [-0.2, -0.15) is 5.10 Å². The van der Waals surface area contributed by atoms with Gasteiger partial charge in [-0.1, -0.05) is 13.0 Å². The van der Waals surface area contributed by atoms with E-state index in [0.717, 1.165) is 11.3 Å². The highest BCUT2D eigenvalue weighted by Gasteiger charge is 2.21. The Bertz CT molecular complexity index is 1340. The number of rotatable bonds is 7. The number of urea groups is 1. The molecule has 2 aromatic carbocycles. The highest BCUT2D eigenvalue weighted by molar-refractivity contribution is 7.91. The average molecular weight is 462 g/mol. The number of carbonyl (C=O) groups is 1. The summed E-state index contributed by atoms with van der Waals surface area (Å²) in [4.78, 5) is 16.6. The van der Waals surface area contributed by atoms with E-state index in [4.69, 9.17) is 0 Å². The smallest absolute Gasteiger partial charge is 0.319 e. The summed E-state index contributed by atoms with van der Waals surface area (Å²) in [6.07, 6.45) is 7.37. The summed E-state index contributed by atoms with van der Waals surface area (Å²) in [5.41, 5.74) is 2.87. The Morgan fingerprint density at radius 1 is 1.03 bits per heavy atom. The highest BCUT2D eigenvalue weighted by Crippen LogP contribution is 2.27. The molecule has 0 bridgehead atoms. The molecule has 9 heteroatoms. The number of nitrogens with zero attached hydrogens (tertiary/aromatic N) is 3. The third-order valence-corrected chi connectivity index (χ3v) is 6.95. The molecular weight excluding hydrogens is 438 g/mol. The third kappa shape index (κ3) is 5.09. The molecule has 0 unspecified atom stereocenters. The molecule has 4 rings (SSSR count). The number of aromatic nitrogens is 3. The largest absolute Gasteiger partial charge is 0.334 e. The van der Waals surface area contributed by atoms with Gasteiger partial charge < -0.3 is 10.6 Å². The maximum Gasteiger partial charge on any atom is 0.319 e. The zero-order chi connectivity index (χ0) is 23.3. The molecule has 2 N–H and O–H groups in total. The van der Waals surface area contributed by atoms with Crippen LogP contribution < -0.4 is 10.6 Å². The Hall–Kier alpha value is -3.98. The molecule has 0 saturated carbocycles. The van der Waals surface area contributed by atoms with E-state index >= 15 is 0 Å². The van der Waals surface area contributed by atoms with Crippen LogP contribution in [0, 0.1) is 0 Å². The minimum Gasteiger partial charge on any atom is -0.334 e. The Labute approximate surface area is 192 Å². The molecule has 8 nitrogen and oxygen atoms in total. The number of anilines is 1. The normalized spacial score (nSPS) is 11.2. The van der Waals surface area contributed by atoms with Crippen molar-refractivity contribution in [2.24, 2.45) is 0 Å². The first-order valence-electron chi connectivity index (χ1n) is 10.4. The lowest BCUT2D eigenvalue weighted by Crippen LogP contribution is -2.28. The van der Waals surface area contributed by atoms with E-state index in [1.165, 1.54) is 12.1 Å². The molecule has 2 amide bonds. The molecule has 0 radical (unpaired) electrons. The summed E-state index contributed by atoms with van der Waals surface area (Å²) in [7, 11) is -3.72. The van der Waals surface area contributed by atoms with Gasteiger partial charge in [0.2, 0.25) is 9.84 Å². The lowest BCUT2D eigenvalue weighted by Gasteiger charge is -2.12. The van der Waals surface area contributed by atoms with Gasteiger partial charge in [-0.25, -0.2) is 17.9 Å². The predicted molar refractivity (Wildman–Crippen MR) is 125 cm³/mol. The van der Waals surface area contributed by atoms with Gasteiger partial charge in [0.1, 0.15) is 0 Å². The Morgan fingerprint density at radius 3 is 2.52 bits per heavy atom. The van der Waals surface area contributed by atoms with Crippen molar-refractivity contribution in [2.75, 3.05) is 5.32 Å². The van der Waals surface area contributed by atoms with Crippen LogP contribution in [0.25, 0.3) is 5.69 Å². The molecule has 0 spiro atoms. The fraction of sp³-hybridized carbons (Fsp3) is 0.125. The molecule has 0 aliphatic carbocycles. The maximum atomic E-state index is 13.3. The van der Waals surface area contributed by atoms with Gasteiger partial charge in [-0.3, -0.25) is 4.98 Å². The van der Waals surface area contributed by atoms with E-state index in [9.17, 15) is 13.2 Å². The number of pyridine rings is 1. The van der Waals surface area contributed by atoms with E-state index in [1.807, 2.05) is 31.3 Å². The second kappa shape index (κ2) is 9.66. The Kier molecular flexibility index (Phi) is 6.50. The summed E-state index contributed by atoms with van der Waals surface area (Å²) < 4.78 is 28.2. The summed E-state index contributed by atoms with van der Waals surface area (Å²) in [6, 6.07) is 16.4. The molecule has 0 aliphatic rings. The molecule has 33 heavy (non-hydrogen) atoms. The van der Waals surface area contributed by atoms with Crippen LogP contribution in [0.3, 0.4) is 0 Å². The van der Waals surface area contributed by atoms with Crippen LogP contribution in [-0.2, 0) is 22.8 Å². The zero-order valence-electron chi connectivity index (χ0n) is 18.0. The van der Waals surface area contributed by atoms with Crippen LogP contribution in [-0.4, -0.2) is 29.2 Å². The third-order valence-electron chi connectivity index (χ3n) is 5.08. The summed E-state index contributed by atoms with van der Waals surface area (Å²) in [6.45, 7) is 2.25. The predicted octanol–water partition coefficient (Wildman–Crippen LogP) is 3.98. The number of carbonyl (C=O) groups excluding carboxylic acids is 1. The van der Waals surface area contributed by atoms with Crippen molar-refractivity contribution in [2.45, 2.75) is 29.7 Å². The Balaban J connectivity index is 1.48. The SMILES string of the molecule is CCc1cc(-n2cccn2)ccc1S(=O)(=O)c1ccc(NC(=O)NCc2cccnc2)cc1. The number of sulfone groups is 1. The van der Waals surface area contributed by atoms with Crippen molar-refractivity contribution in [3.63, 3.8) is 0 Å². The van der Waals surface area contributed by atoms with E-state index in [-0.39, 0.29) is 9.79 Å². The number of hydrogen-bond acceptors (Lipinski definition) is 5. The first kappa shape index (κ1) is 22.2. The molecule has 0 saturated heterocycles. The van der Waals surface area contributed by atoms with Gasteiger partial charge in [-0.05, 0) is 72.1 Å². The van der Waals surface area contributed by atoms with Gasteiger partial charge in [0.05, 0.1) is 15.5 Å². The van der Waals surface area contributed by atoms with Crippen molar-refractivity contribution in [1.29, 1.82) is 0 Å². The van der Waals surface area contributed by atoms with Crippen LogP contribution in [0.15, 0.2) is 95.2 Å². The minimum absolute atomic E-state index is 0.158. The van der Waals surface area contributed by atoms with Gasteiger partial charge in [-0.15, -0.1) is 0 Å². The average Bonchev–Trinajstić information content (AvgIpc) is 3.38. The molecule has 2 aromatic heterocycles. The summed E-state index contributed by atoms with van der Waals surface area (Å²) in [5, 5.41) is 9.64. The quantitative estimate of drug-likeness (QED) is 0.433. The van der Waals surface area contributed by atoms with Gasteiger partial charge in [0.15, 0.2) is 0 Å². The first-order chi connectivity index (χ1) is 16.0. The maximum absolute atomic E-state index is 13.3. The van der Waals surface area contributed by atoms with E-state index in [0.29, 0.717) is 24.2 Å². The molecule has 168 valence electrons. The number of amides is 2. The van der Waals surface area contributed by atoms with E-state index < -0.39 is 15.9 Å². The topological polar surface area (TPSA) is 106 Å². The highest BCUT2D eigenvalue weighted by atomic mass is 32.2. The molecule has 0 atom stereocenters. The monoisotopic (exact) mass is 461 g/mol. The summed E-state index contributed by atoms with van der Waals surface area (Å²) in [5.74, 6) is 0. The number of benzene rings is 2. The van der Waals surface area contributed by atoms with Crippen molar-refractivity contribution in [1.82, 2.24) is 20.1 Å². The van der Waals surface area contributed by atoms with Gasteiger partial charge in [0, 0.05) is 37.0 Å². The van der Waals surface area contributed by atoms with Crippen LogP contribution in [0.2, 0.25) is 0 Å². The van der Waals surface area contributed by atoms with Crippen molar-refractivity contribution in [3.05, 3.63) is 96.6 Å². The Morgan fingerprint density at radius 2 is 1.85 bits per heavy atom. The summed E-state index contributed by atoms with van der Waals surface area (Å²) >= 11 is 0. The zero-order valence-corrected chi connectivity index (χ0v) is 18.8. The number of aryl methyl sites for hydroxylation is 1. The standard InChI is InChI=1S/C24H23N5O3S/c1-2-19-15-21(29-14-4-13-27-29)8-11-23(19)33(31,32)22-9-6-20(7-10-22)28-24(30)26-17-18-5-3-12-25-16-18/h3-16H,2,17H2,1H3,(H2,26,28,30). The molecule has 0 aliphatic heterocycles. The van der Waals surface area contributed by atoms with Crippen LogP contribution in [0.1, 0.15) is 18.1 Å². The van der Waals surface area contributed by atoms with Crippen LogP contribution >= 0.6 is 0 Å². The molecule has 4 aromatic rings. The number of nitrogens with one attached hydrogen (secondary N) is 2. The van der Waals surface area contributed by atoms with Crippen LogP contribution in [0.5, 0.6) is 0 Å². The van der Waals surface area contributed by atoms with Crippen molar-refractivity contribution in [3.8, 4) is 5.69 Å². The first-order valence-corrected chi connectivity index (χ1v) is 11.9. The lowest BCUT2D eigenvalue weighted by molar-refractivity contribution is 0.251. The second-order valence-electron chi connectivity index (χ2n) is 7.29. The van der Waals surface area contributed by atoms with Gasteiger partial charge >= 0.3 is 6.03 Å². The van der Waals surface area contributed by atoms with Crippen molar-refractivity contribution < 1.29 is 13.2 Å².